The Labute approximate surface area is 222 Å². The molecule has 2 amide bonds. The first-order valence-corrected chi connectivity index (χ1v) is 13.7. The minimum absolute atomic E-state index is 0.00325. The van der Waals surface area contributed by atoms with E-state index >= 15 is 0 Å². The van der Waals surface area contributed by atoms with E-state index in [1.807, 2.05) is 43.1 Å². The first-order chi connectivity index (χ1) is 17.8. The number of ether oxygens (including phenoxy) is 1. The summed E-state index contributed by atoms with van der Waals surface area (Å²) in [7, 11) is 4.15. The Kier molecular flexibility index (Phi) is 7.18. The maximum Gasteiger partial charge on any atom is 0.317 e. The first-order valence-electron chi connectivity index (χ1n) is 12.8. The van der Waals surface area contributed by atoms with Crippen LogP contribution >= 0.6 is 11.3 Å². The largest absolute Gasteiger partial charge is 0.490 e. The molecule has 1 N–H and O–H groups in total. The van der Waals surface area contributed by atoms with Gasteiger partial charge in [-0.15, -0.1) is 11.3 Å². The van der Waals surface area contributed by atoms with Crippen molar-refractivity contribution in [3.8, 4) is 32.8 Å². The summed E-state index contributed by atoms with van der Waals surface area (Å²) in [6.07, 6.45) is 4.76. The molecule has 2 heterocycles. The lowest BCUT2D eigenvalue weighted by molar-refractivity contribution is 0.199. The van der Waals surface area contributed by atoms with Crippen LogP contribution in [0.1, 0.15) is 49.4 Å². The second-order valence-corrected chi connectivity index (χ2v) is 11.3. The molecule has 0 spiro atoms. The summed E-state index contributed by atoms with van der Waals surface area (Å²) in [6, 6.07) is 14.7. The van der Waals surface area contributed by atoms with Gasteiger partial charge in [-0.1, -0.05) is 18.2 Å². The van der Waals surface area contributed by atoms with Crippen LogP contribution in [0.3, 0.4) is 0 Å². The standard InChI is InChI=1S/C29H33N5O2S/c1-18(2)36-26-11-8-19(14-20(26)15-30)28-31-16-27(37-28)24-7-5-6-23-22(24)9-10-25(23)32-29(35)34-13-12-21(17-34)33(3)4/h5-8,11,14,16,18,21,25H,9-10,12-13,17H2,1-4H3,(H,32,35)/t21-,25?/m0/s1. The van der Waals surface area contributed by atoms with Gasteiger partial charge in [-0.05, 0) is 82.1 Å². The number of likely N-dealkylation sites (N-methyl/N-ethyl adjacent to an activating group) is 1. The highest BCUT2D eigenvalue weighted by atomic mass is 32.1. The van der Waals surface area contributed by atoms with E-state index in [-0.39, 0.29) is 18.2 Å². The Morgan fingerprint density at radius 1 is 1.27 bits per heavy atom. The summed E-state index contributed by atoms with van der Waals surface area (Å²) < 4.78 is 5.76. The van der Waals surface area contributed by atoms with Crippen molar-refractivity contribution in [1.29, 1.82) is 5.26 Å². The smallest absolute Gasteiger partial charge is 0.317 e. The van der Waals surface area contributed by atoms with Crippen LogP contribution in [0.2, 0.25) is 0 Å². The highest BCUT2D eigenvalue weighted by molar-refractivity contribution is 7.18. The first kappa shape index (κ1) is 25.2. The van der Waals surface area contributed by atoms with Gasteiger partial charge in [0.25, 0.3) is 0 Å². The van der Waals surface area contributed by atoms with Gasteiger partial charge in [-0.3, -0.25) is 0 Å². The lowest BCUT2D eigenvalue weighted by Crippen LogP contribution is -2.41. The summed E-state index contributed by atoms with van der Waals surface area (Å²) >= 11 is 1.62. The zero-order chi connectivity index (χ0) is 26.1. The second-order valence-electron chi connectivity index (χ2n) is 10.3. The Morgan fingerprint density at radius 2 is 2.11 bits per heavy atom. The van der Waals surface area contributed by atoms with Crippen molar-refractivity contribution in [2.75, 3.05) is 27.2 Å². The van der Waals surface area contributed by atoms with Crippen molar-refractivity contribution in [2.45, 2.75) is 51.3 Å². The topological polar surface area (TPSA) is 81.5 Å². The van der Waals surface area contributed by atoms with Gasteiger partial charge in [0.05, 0.1) is 22.6 Å². The molecule has 2 aliphatic rings. The summed E-state index contributed by atoms with van der Waals surface area (Å²) in [6.45, 7) is 5.48. The number of carbonyl (C=O) groups excluding carboxylic acids is 1. The number of amides is 2. The van der Waals surface area contributed by atoms with Crippen LogP contribution in [0, 0.1) is 11.3 Å². The average molecular weight is 516 g/mol. The average Bonchev–Trinajstić information content (AvgIpc) is 3.64. The van der Waals surface area contributed by atoms with Crippen LogP contribution in [0.15, 0.2) is 42.6 Å². The number of nitrogens with zero attached hydrogens (tertiary/aromatic N) is 4. The quantitative estimate of drug-likeness (QED) is 0.471. The van der Waals surface area contributed by atoms with Gasteiger partial charge in [0.15, 0.2) is 0 Å². The molecule has 192 valence electrons. The van der Waals surface area contributed by atoms with Gasteiger partial charge in [-0.2, -0.15) is 5.26 Å². The number of nitrogens with one attached hydrogen (secondary N) is 1. The van der Waals surface area contributed by atoms with E-state index in [0.29, 0.717) is 17.4 Å². The fourth-order valence-corrected chi connectivity index (χ4v) is 6.23. The highest BCUT2D eigenvalue weighted by Gasteiger charge is 2.31. The van der Waals surface area contributed by atoms with Crippen LogP contribution in [-0.2, 0) is 6.42 Å². The number of likely N-dealkylation sites (tertiary alicyclic amines) is 1. The molecule has 7 nitrogen and oxygen atoms in total. The SMILES string of the molecule is CC(C)Oc1ccc(-c2ncc(-c3cccc4c3CCC4NC(=O)N3CC[C@H](N(C)C)C3)s2)cc1C#N. The number of fused-ring (bicyclic) bond motifs is 1. The van der Waals surface area contributed by atoms with E-state index in [1.54, 1.807) is 11.3 Å². The lowest BCUT2D eigenvalue weighted by atomic mass is 10.0. The number of nitriles is 1. The molecule has 1 fully saturated rings. The fourth-order valence-electron chi connectivity index (χ4n) is 5.26. The van der Waals surface area contributed by atoms with Crippen molar-refractivity contribution < 1.29 is 9.53 Å². The molecular weight excluding hydrogens is 482 g/mol. The molecular formula is C29H33N5O2S. The maximum atomic E-state index is 13.0. The molecule has 1 unspecified atom stereocenters. The van der Waals surface area contributed by atoms with Crippen LogP contribution in [0.5, 0.6) is 5.75 Å². The van der Waals surface area contributed by atoms with Crippen LogP contribution in [-0.4, -0.2) is 60.1 Å². The third kappa shape index (κ3) is 5.20. The molecule has 1 aromatic heterocycles. The van der Waals surface area contributed by atoms with Crippen molar-refractivity contribution in [3.05, 3.63) is 59.3 Å². The van der Waals surface area contributed by atoms with Gasteiger partial charge in [0.2, 0.25) is 0 Å². The number of hydrogen-bond acceptors (Lipinski definition) is 6. The maximum absolute atomic E-state index is 13.0. The molecule has 0 bridgehead atoms. The van der Waals surface area contributed by atoms with Crippen molar-refractivity contribution in [3.63, 3.8) is 0 Å². The van der Waals surface area contributed by atoms with E-state index < -0.39 is 0 Å². The number of urea groups is 1. The molecule has 2 aromatic carbocycles. The Bertz CT molecular complexity index is 1340. The van der Waals surface area contributed by atoms with E-state index in [4.69, 9.17) is 4.74 Å². The minimum atomic E-state index is 0.00325. The van der Waals surface area contributed by atoms with E-state index in [2.05, 4.69) is 53.6 Å². The van der Waals surface area contributed by atoms with Gasteiger partial charge in [0, 0.05) is 30.9 Å². The number of hydrogen-bond donors (Lipinski definition) is 1. The van der Waals surface area contributed by atoms with Crippen LogP contribution in [0.4, 0.5) is 4.79 Å². The van der Waals surface area contributed by atoms with Gasteiger partial charge in [0.1, 0.15) is 16.8 Å². The zero-order valence-electron chi connectivity index (χ0n) is 21.8. The number of rotatable bonds is 6. The fraction of sp³-hybridized carbons (Fsp3) is 0.414. The molecule has 5 rings (SSSR count). The summed E-state index contributed by atoms with van der Waals surface area (Å²) in [5, 5.41) is 13.8. The second kappa shape index (κ2) is 10.5. The molecule has 1 aliphatic carbocycles. The monoisotopic (exact) mass is 515 g/mol. The van der Waals surface area contributed by atoms with Gasteiger partial charge < -0.3 is 19.9 Å². The Hall–Kier alpha value is -3.41. The lowest BCUT2D eigenvalue weighted by Gasteiger charge is -2.23. The van der Waals surface area contributed by atoms with Crippen LogP contribution in [0.25, 0.3) is 21.0 Å². The summed E-state index contributed by atoms with van der Waals surface area (Å²) in [4.78, 5) is 22.9. The molecule has 0 radical (unpaired) electrons. The third-order valence-corrected chi connectivity index (χ3v) is 8.31. The zero-order valence-corrected chi connectivity index (χ0v) is 22.6. The summed E-state index contributed by atoms with van der Waals surface area (Å²) in [5.41, 5.74) is 5.08. The molecule has 1 saturated heterocycles. The van der Waals surface area contributed by atoms with Crippen molar-refractivity contribution in [1.82, 2.24) is 20.1 Å². The number of thiazole rings is 1. The number of carbonyl (C=O) groups is 1. The molecule has 1 aliphatic heterocycles. The Morgan fingerprint density at radius 3 is 2.84 bits per heavy atom. The van der Waals surface area contributed by atoms with Crippen molar-refractivity contribution >= 4 is 17.4 Å². The predicted octanol–water partition coefficient (Wildman–Crippen LogP) is 5.47. The van der Waals surface area contributed by atoms with E-state index in [0.717, 1.165) is 47.8 Å². The van der Waals surface area contributed by atoms with E-state index in [9.17, 15) is 10.1 Å². The minimum Gasteiger partial charge on any atom is -0.490 e. The normalized spacial score (nSPS) is 18.8. The highest BCUT2D eigenvalue weighted by Crippen LogP contribution is 2.41. The molecule has 37 heavy (non-hydrogen) atoms. The van der Waals surface area contributed by atoms with Gasteiger partial charge in [-0.25, -0.2) is 9.78 Å². The number of benzene rings is 2. The molecule has 2 atom stereocenters. The van der Waals surface area contributed by atoms with Gasteiger partial charge >= 0.3 is 6.03 Å². The van der Waals surface area contributed by atoms with Crippen molar-refractivity contribution in [2.24, 2.45) is 0 Å². The molecule has 3 aromatic rings. The summed E-state index contributed by atoms with van der Waals surface area (Å²) in [5.74, 6) is 0.596. The van der Waals surface area contributed by atoms with E-state index in [1.165, 1.54) is 16.7 Å². The predicted molar refractivity (Wildman–Crippen MR) is 147 cm³/mol. The third-order valence-electron chi connectivity index (χ3n) is 7.23. The number of aromatic nitrogens is 1. The molecule has 0 saturated carbocycles. The van der Waals surface area contributed by atoms with Crippen LogP contribution < -0.4 is 10.1 Å². The molecule has 8 heteroatoms. The Balaban J connectivity index is 1.34.